The Morgan fingerprint density at radius 3 is 2.45 bits per heavy atom. The van der Waals surface area contributed by atoms with E-state index in [2.05, 4.69) is 10.2 Å². The molecular weight excluding hydrogens is 280 g/mol. The van der Waals surface area contributed by atoms with E-state index >= 15 is 0 Å². The number of hydrogen-bond donors (Lipinski definition) is 2. The van der Waals surface area contributed by atoms with Gasteiger partial charge in [-0.25, -0.2) is 0 Å². The molecule has 4 aliphatic carbocycles. The molecule has 4 bridgehead atoms. The number of carbonyl (C=O) groups is 1. The molecule has 0 spiro atoms. The molecule has 1 atom stereocenters. The number of aliphatic hydroxyl groups is 1. The molecule has 22 heavy (non-hydrogen) atoms. The molecule has 5 heteroatoms. The fourth-order valence-corrected chi connectivity index (χ4v) is 5.70. The van der Waals surface area contributed by atoms with E-state index in [1.54, 1.807) is 0 Å². The first-order chi connectivity index (χ1) is 10.7. The molecule has 5 aliphatic rings. The van der Waals surface area contributed by atoms with Gasteiger partial charge in [0.25, 0.3) is 0 Å². The molecule has 2 N–H and O–H groups in total. The summed E-state index contributed by atoms with van der Waals surface area (Å²) in [6.45, 7) is 2.51. The highest BCUT2D eigenvalue weighted by atomic mass is 16.5. The first kappa shape index (κ1) is 14.9. The first-order valence-corrected chi connectivity index (χ1v) is 8.97. The highest BCUT2D eigenvalue weighted by Gasteiger charge is 2.49. The first-order valence-electron chi connectivity index (χ1n) is 8.97. The Bertz CT molecular complexity index is 398. The van der Waals surface area contributed by atoms with Crippen LogP contribution < -0.4 is 5.32 Å². The molecule has 0 aromatic carbocycles. The van der Waals surface area contributed by atoms with Gasteiger partial charge >= 0.3 is 0 Å². The second-order valence-electron chi connectivity index (χ2n) is 7.82. The van der Waals surface area contributed by atoms with Gasteiger partial charge in [-0.2, -0.15) is 0 Å². The summed E-state index contributed by atoms with van der Waals surface area (Å²) < 4.78 is 5.50. The van der Waals surface area contributed by atoms with Crippen molar-refractivity contribution in [2.75, 3.05) is 32.9 Å². The van der Waals surface area contributed by atoms with Crippen molar-refractivity contribution < 1.29 is 14.6 Å². The van der Waals surface area contributed by atoms with Crippen LogP contribution in [0.3, 0.4) is 0 Å². The number of carbonyl (C=O) groups excluding carboxylic acids is 1. The molecule has 4 saturated carbocycles. The Balaban J connectivity index is 1.41. The third-order valence-corrected chi connectivity index (χ3v) is 6.46. The Hall–Kier alpha value is -0.650. The maximum atomic E-state index is 12.8. The molecule has 1 aliphatic heterocycles. The van der Waals surface area contributed by atoms with Gasteiger partial charge in [0, 0.05) is 19.1 Å². The number of aliphatic hydroxyl groups excluding tert-OH is 1. The van der Waals surface area contributed by atoms with E-state index in [1.807, 2.05) is 0 Å². The minimum atomic E-state index is -0.224. The molecule has 0 unspecified atom stereocenters. The summed E-state index contributed by atoms with van der Waals surface area (Å²) in [6, 6.07) is 0.163. The SMILES string of the molecule is O=C(NC1C2CC3CC(C2)CC1C3)[C@H]1COCCN1CCO. The normalized spacial score (nSPS) is 44.2. The standard InChI is InChI=1S/C17H28N2O3/c20-3-1-19-2-4-22-10-15(19)17(21)18-16-13-6-11-5-12(8-13)9-14(16)7-11/h11-16,20H,1-10H2,(H,18,21)/t11?,12?,13?,14?,15-,16?/m1/s1. The summed E-state index contributed by atoms with van der Waals surface area (Å²) in [5.41, 5.74) is 0. The zero-order chi connectivity index (χ0) is 15.1. The molecule has 1 saturated heterocycles. The van der Waals surface area contributed by atoms with Crippen LogP contribution >= 0.6 is 0 Å². The predicted octanol–water partition coefficient (Wildman–Crippen LogP) is 0.620. The van der Waals surface area contributed by atoms with E-state index in [9.17, 15) is 9.90 Å². The van der Waals surface area contributed by atoms with Crippen molar-refractivity contribution in [3.05, 3.63) is 0 Å². The fraction of sp³-hybridized carbons (Fsp3) is 0.941. The summed E-state index contributed by atoms with van der Waals surface area (Å²) >= 11 is 0. The minimum Gasteiger partial charge on any atom is -0.395 e. The molecule has 1 amide bonds. The van der Waals surface area contributed by atoms with Gasteiger partial charge < -0.3 is 15.2 Å². The van der Waals surface area contributed by atoms with E-state index in [0.717, 1.165) is 18.4 Å². The molecule has 1 heterocycles. The van der Waals surface area contributed by atoms with E-state index in [1.165, 1.54) is 32.1 Å². The average molecular weight is 308 g/mol. The van der Waals surface area contributed by atoms with Gasteiger partial charge in [0.1, 0.15) is 6.04 Å². The van der Waals surface area contributed by atoms with Gasteiger partial charge in [-0.05, 0) is 55.8 Å². The van der Waals surface area contributed by atoms with E-state index in [-0.39, 0.29) is 18.6 Å². The lowest BCUT2D eigenvalue weighted by Gasteiger charge is -2.54. The van der Waals surface area contributed by atoms with Gasteiger partial charge in [-0.15, -0.1) is 0 Å². The van der Waals surface area contributed by atoms with Gasteiger partial charge in [0.2, 0.25) is 5.91 Å². The highest BCUT2D eigenvalue weighted by Crippen LogP contribution is 2.53. The Morgan fingerprint density at radius 1 is 1.14 bits per heavy atom. The lowest BCUT2D eigenvalue weighted by molar-refractivity contribution is -0.136. The van der Waals surface area contributed by atoms with Crippen molar-refractivity contribution in [3.63, 3.8) is 0 Å². The fourth-order valence-electron chi connectivity index (χ4n) is 5.70. The number of β-amino-alcohol motifs (C(OH)–C–C–N with tert-alkyl or cyclic N) is 1. The Kier molecular flexibility index (Phi) is 4.13. The number of rotatable bonds is 4. The van der Waals surface area contributed by atoms with Crippen molar-refractivity contribution in [3.8, 4) is 0 Å². The number of nitrogens with one attached hydrogen (secondary N) is 1. The van der Waals surface area contributed by atoms with Crippen LogP contribution in [0.15, 0.2) is 0 Å². The second kappa shape index (κ2) is 6.10. The number of ether oxygens (including phenoxy) is 1. The van der Waals surface area contributed by atoms with Crippen LogP contribution in [0.5, 0.6) is 0 Å². The van der Waals surface area contributed by atoms with Crippen LogP contribution in [0.4, 0.5) is 0 Å². The lowest BCUT2D eigenvalue weighted by atomic mass is 9.54. The van der Waals surface area contributed by atoms with E-state index in [4.69, 9.17) is 4.74 Å². The zero-order valence-electron chi connectivity index (χ0n) is 13.2. The highest BCUT2D eigenvalue weighted by molar-refractivity contribution is 5.82. The van der Waals surface area contributed by atoms with Crippen LogP contribution in [-0.4, -0.2) is 60.9 Å². The van der Waals surface area contributed by atoms with Gasteiger partial charge in [0.15, 0.2) is 0 Å². The van der Waals surface area contributed by atoms with Gasteiger partial charge in [0.05, 0.1) is 19.8 Å². The molecule has 0 aromatic rings. The van der Waals surface area contributed by atoms with E-state index < -0.39 is 0 Å². The second-order valence-corrected chi connectivity index (χ2v) is 7.82. The third kappa shape index (κ3) is 2.68. The predicted molar refractivity (Wildman–Crippen MR) is 82.2 cm³/mol. The third-order valence-electron chi connectivity index (χ3n) is 6.46. The van der Waals surface area contributed by atoms with E-state index in [0.29, 0.717) is 37.6 Å². The van der Waals surface area contributed by atoms with Crippen LogP contribution in [-0.2, 0) is 9.53 Å². The number of morpholine rings is 1. The van der Waals surface area contributed by atoms with Crippen molar-refractivity contribution >= 4 is 5.91 Å². The lowest BCUT2D eigenvalue weighted by Crippen LogP contribution is -2.61. The summed E-state index contributed by atoms with van der Waals surface area (Å²) in [4.78, 5) is 14.8. The zero-order valence-corrected chi connectivity index (χ0v) is 13.2. The van der Waals surface area contributed by atoms with Gasteiger partial charge in [-0.3, -0.25) is 9.69 Å². The summed E-state index contributed by atoms with van der Waals surface area (Å²) in [6.07, 6.45) is 6.71. The van der Waals surface area contributed by atoms with Crippen molar-refractivity contribution in [1.82, 2.24) is 10.2 Å². The van der Waals surface area contributed by atoms with Crippen LogP contribution in [0, 0.1) is 23.7 Å². The number of amides is 1. The topological polar surface area (TPSA) is 61.8 Å². The molecule has 5 rings (SSSR count). The van der Waals surface area contributed by atoms with Crippen molar-refractivity contribution in [2.24, 2.45) is 23.7 Å². The van der Waals surface area contributed by atoms with Crippen molar-refractivity contribution in [1.29, 1.82) is 0 Å². The maximum absolute atomic E-state index is 12.8. The molecule has 124 valence electrons. The molecule has 0 radical (unpaired) electrons. The van der Waals surface area contributed by atoms with Crippen molar-refractivity contribution in [2.45, 2.75) is 44.2 Å². The molecule has 0 aromatic heterocycles. The number of hydrogen-bond acceptors (Lipinski definition) is 4. The smallest absolute Gasteiger partial charge is 0.239 e. The van der Waals surface area contributed by atoms with Crippen LogP contribution in [0.1, 0.15) is 32.1 Å². The average Bonchev–Trinajstić information content (AvgIpc) is 2.51. The van der Waals surface area contributed by atoms with Gasteiger partial charge in [-0.1, -0.05) is 0 Å². The molecule has 5 nitrogen and oxygen atoms in total. The summed E-state index contributed by atoms with van der Waals surface area (Å²) in [7, 11) is 0. The quantitative estimate of drug-likeness (QED) is 0.799. The van der Waals surface area contributed by atoms with Crippen LogP contribution in [0.25, 0.3) is 0 Å². The Labute approximate surface area is 132 Å². The molecular formula is C17H28N2O3. The maximum Gasteiger partial charge on any atom is 0.239 e. The Morgan fingerprint density at radius 2 is 1.82 bits per heavy atom. The summed E-state index contributed by atoms with van der Waals surface area (Å²) in [5.74, 6) is 3.39. The molecule has 5 fully saturated rings. The number of nitrogens with zero attached hydrogens (tertiary/aromatic N) is 1. The minimum absolute atomic E-state index is 0.0990. The van der Waals surface area contributed by atoms with Crippen LogP contribution in [0.2, 0.25) is 0 Å². The summed E-state index contributed by atoms with van der Waals surface area (Å²) in [5, 5.41) is 12.6. The monoisotopic (exact) mass is 308 g/mol. The largest absolute Gasteiger partial charge is 0.395 e.